The van der Waals surface area contributed by atoms with Crippen LogP contribution in [0.5, 0.6) is 0 Å². The second-order valence-electron chi connectivity index (χ2n) is 7.43. The number of ether oxygens (including phenoxy) is 1. The van der Waals surface area contributed by atoms with Crippen molar-refractivity contribution in [2.45, 2.75) is 31.2 Å². The summed E-state index contributed by atoms with van der Waals surface area (Å²) in [4.78, 5) is 29.0. The van der Waals surface area contributed by atoms with Crippen LogP contribution in [0, 0.1) is 0 Å². The Morgan fingerprint density at radius 2 is 1.56 bits per heavy atom. The molecular formula is C23H18F6N2O3. The van der Waals surface area contributed by atoms with Gasteiger partial charge in [-0.1, -0.05) is 24.3 Å². The van der Waals surface area contributed by atoms with Crippen LogP contribution >= 0.6 is 0 Å². The highest BCUT2D eigenvalue weighted by Crippen LogP contribution is 2.36. The maximum absolute atomic E-state index is 13.1. The van der Waals surface area contributed by atoms with E-state index >= 15 is 0 Å². The third kappa shape index (κ3) is 6.24. The van der Waals surface area contributed by atoms with Gasteiger partial charge < -0.3 is 10.1 Å². The molecule has 2 aromatic carbocycles. The van der Waals surface area contributed by atoms with Gasteiger partial charge in [0.2, 0.25) is 5.91 Å². The van der Waals surface area contributed by atoms with E-state index in [2.05, 4.69) is 15.0 Å². The molecule has 1 N–H and O–H groups in total. The fourth-order valence-electron chi connectivity index (χ4n) is 3.32. The van der Waals surface area contributed by atoms with Gasteiger partial charge >= 0.3 is 18.3 Å². The van der Waals surface area contributed by atoms with Gasteiger partial charge in [0.05, 0.1) is 30.2 Å². The molecule has 0 aliphatic carbocycles. The Kier molecular flexibility index (Phi) is 7.13. The monoisotopic (exact) mass is 484 g/mol. The second kappa shape index (κ2) is 9.70. The predicted molar refractivity (Wildman–Crippen MR) is 110 cm³/mol. The maximum atomic E-state index is 13.1. The van der Waals surface area contributed by atoms with Crippen LogP contribution in [0.2, 0.25) is 0 Å². The first-order chi connectivity index (χ1) is 15.9. The van der Waals surface area contributed by atoms with E-state index in [4.69, 9.17) is 0 Å². The number of hydrogen-bond acceptors (Lipinski definition) is 4. The SMILES string of the molecule is COC(=O)[C@@H](Cc1ccc2ccccc2n1)NC(=O)Cc1cc(C(F)(F)F)cc(C(F)(F)F)c1. The van der Waals surface area contributed by atoms with Crippen LogP contribution in [0.4, 0.5) is 26.3 Å². The number of rotatable bonds is 6. The van der Waals surface area contributed by atoms with Gasteiger partial charge in [0.15, 0.2) is 0 Å². The van der Waals surface area contributed by atoms with Crippen molar-refractivity contribution < 1.29 is 40.7 Å². The lowest BCUT2D eigenvalue weighted by Gasteiger charge is -2.18. The Bertz CT molecular complexity index is 1180. The number of carbonyl (C=O) groups is 2. The van der Waals surface area contributed by atoms with E-state index in [9.17, 15) is 35.9 Å². The molecule has 1 heterocycles. The number of aromatic nitrogens is 1. The van der Waals surface area contributed by atoms with Gasteiger partial charge in [-0.15, -0.1) is 0 Å². The smallest absolute Gasteiger partial charge is 0.416 e. The van der Waals surface area contributed by atoms with Crippen molar-refractivity contribution in [1.82, 2.24) is 10.3 Å². The van der Waals surface area contributed by atoms with Crippen LogP contribution in [0.15, 0.2) is 54.6 Å². The number of carbonyl (C=O) groups excluding carboxylic acids is 2. The third-order valence-corrected chi connectivity index (χ3v) is 4.90. The molecule has 3 aromatic rings. The number of hydrogen-bond donors (Lipinski definition) is 1. The van der Waals surface area contributed by atoms with Crippen molar-refractivity contribution in [3.63, 3.8) is 0 Å². The fourth-order valence-corrected chi connectivity index (χ4v) is 3.32. The van der Waals surface area contributed by atoms with Crippen LogP contribution < -0.4 is 5.32 Å². The summed E-state index contributed by atoms with van der Waals surface area (Å²) in [6.45, 7) is 0. The molecule has 0 bridgehead atoms. The average molecular weight is 484 g/mol. The fraction of sp³-hybridized carbons (Fsp3) is 0.261. The Morgan fingerprint density at radius 1 is 0.941 bits per heavy atom. The molecule has 34 heavy (non-hydrogen) atoms. The zero-order valence-electron chi connectivity index (χ0n) is 17.6. The van der Waals surface area contributed by atoms with Crippen LogP contribution in [-0.4, -0.2) is 30.0 Å². The average Bonchev–Trinajstić information content (AvgIpc) is 2.76. The van der Waals surface area contributed by atoms with Crippen LogP contribution in [-0.2, 0) is 39.5 Å². The lowest BCUT2D eigenvalue weighted by atomic mass is 10.0. The number of para-hydroxylation sites is 1. The van der Waals surface area contributed by atoms with E-state index in [1.807, 2.05) is 12.1 Å². The number of amides is 1. The number of halogens is 6. The third-order valence-electron chi connectivity index (χ3n) is 4.90. The van der Waals surface area contributed by atoms with Crippen LogP contribution in [0.3, 0.4) is 0 Å². The van der Waals surface area contributed by atoms with Gasteiger partial charge in [0.25, 0.3) is 0 Å². The molecule has 0 saturated heterocycles. The van der Waals surface area contributed by atoms with E-state index in [1.54, 1.807) is 24.3 Å². The second-order valence-corrected chi connectivity index (χ2v) is 7.43. The van der Waals surface area contributed by atoms with E-state index in [-0.39, 0.29) is 12.5 Å². The van der Waals surface area contributed by atoms with E-state index in [1.165, 1.54) is 0 Å². The van der Waals surface area contributed by atoms with Gasteiger partial charge in [-0.25, -0.2) is 4.79 Å². The van der Waals surface area contributed by atoms with Crippen LogP contribution in [0.1, 0.15) is 22.4 Å². The Hall–Kier alpha value is -3.63. The zero-order chi connectivity index (χ0) is 25.1. The summed E-state index contributed by atoms with van der Waals surface area (Å²) in [5, 5.41) is 3.16. The number of alkyl halides is 6. The summed E-state index contributed by atoms with van der Waals surface area (Å²) in [5.74, 6) is -1.80. The van der Waals surface area contributed by atoms with Gasteiger partial charge in [-0.2, -0.15) is 26.3 Å². The summed E-state index contributed by atoms with van der Waals surface area (Å²) in [6, 6.07) is 10.2. The summed E-state index contributed by atoms with van der Waals surface area (Å²) < 4.78 is 83.0. The first-order valence-corrected chi connectivity index (χ1v) is 9.87. The number of methoxy groups -OCH3 is 1. The summed E-state index contributed by atoms with van der Waals surface area (Å²) in [6.07, 6.45) is -11.0. The maximum Gasteiger partial charge on any atom is 0.416 e. The predicted octanol–water partition coefficient (Wildman–Crippen LogP) is 4.72. The molecule has 5 nitrogen and oxygen atoms in total. The highest BCUT2D eigenvalue weighted by Gasteiger charge is 2.37. The van der Waals surface area contributed by atoms with E-state index < -0.39 is 53.4 Å². The number of nitrogens with one attached hydrogen (secondary N) is 1. The number of benzene rings is 2. The van der Waals surface area contributed by atoms with E-state index in [0.29, 0.717) is 23.3 Å². The minimum atomic E-state index is -5.04. The van der Waals surface area contributed by atoms with Gasteiger partial charge in [-0.05, 0) is 35.9 Å². The molecule has 0 saturated carbocycles. The highest BCUT2D eigenvalue weighted by atomic mass is 19.4. The molecule has 1 aromatic heterocycles. The van der Waals surface area contributed by atoms with Crippen molar-refractivity contribution in [2.75, 3.05) is 7.11 Å². The topological polar surface area (TPSA) is 68.3 Å². The first-order valence-electron chi connectivity index (χ1n) is 9.87. The quantitative estimate of drug-likeness (QED) is 0.406. The summed E-state index contributed by atoms with van der Waals surface area (Å²) >= 11 is 0. The van der Waals surface area contributed by atoms with Crippen molar-refractivity contribution >= 4 is 22.8 Å². The number of pyridine rings is 1. The largest absolute Gasteiger partial charge is 0.467 e. The highest BCUT2D eigenvalue weighted by molar-refractivity contribution is 5.86. The lowest BCUT2D eigenvalue weighted by molar-refractivity contribution is -0.145. The Balaban J connectivity index is 1.81. The standard InChI is InChI=1S/C23H18F6N2O3/c1-34-21(33)19(12-17-7-6-14-4-2-3-5-18(14)30-17)31-20(32)10-13-8-15(22(24,25)26)11-16(9-13)23(27,28)29/h2-9,11,19H,10,12H2,1H3,(H,31,32)/t19-/m1/s1. The van der Waals surface area contributed by atoms with Crippen molar-refractivity contribution in [3.8, 4) is 0 Å². The number of esters is 1. The molecule has 3 rings (SSSR count). The van der Waals surface area contributed by atoms with Gasteiger partial charge in [-0.3, -0.25) is 9.78 Å². The van der Waals surface area contributed by atoms with Gasteiger partial charge in [0.1, 0.15) is 6.04 Å². The first kappa shape index (κ1) is 25.0. The zero-order valence-corrected chi connectivity index (χ0v) is 17.6. The molecule has 0 aliphatic heterocycles. The summed E-state index contributed by atoms with van der Waals surface area (Å²) in [7, 11) is 1.08. The molecule has 180 valence electrons. The molecule has 0 unspecified atom stereocenters. The Labute approximate surface area is 189 Å². The minimum Gasteiger partial charge on any atom is -0.467 e. The van der Waals surface area contributed by atoms with Gasteiger partial charge in [0, 0.05) is 17.5 Å². The molecule has 1 amide bonds. The molecule has 0 radical (unpaired) electrons. The Morgan fingerprint density at radius 3 is 2.15 bits per heavy atom. The molecular weight excluding hydrogens is 466 g/mol. The normalized spacial score (nSPS) is 12.9. The van der Waals surface area contributed by atoms with Crippen molar-refractivity contribution in [2.24, 2.45) is 0 Å². The minimum absolute atomic E-state index is 0.0238. The molecule has 1 atom stereocenters. The lowest BCUT2D eigenvalue weighted by Crippen LogP contribution is -2.43. The van der Waals surface area contributed by atoms with Crippen molar-refractivity contribution in [1.29, 1.82) is 0 Å². The molecule has 11 heteroatoms. The molecule has 0 aliphatic rings. The van der Waals surface area contributed by atoms with E-state index in [0.717, 1.165) is 12.5 Å². The molecule has 0 fully saturated rings. The number of fused-ring (bicyclic) bond motifs is 1. The summed E-state index contributed by atoms with van der Waals surface area (Å²) in [5.41, 5.74) is -2.51. The molecule has 0 spiro atoms. The van der Waals surface area contributed by atoms with Crippen molar-refractivity contribution in [3.05, 3.63) is 77.0 Å². The van der Waals surface area contributed by atoms with Crippen LogP contribution in [0.25, 0.3) is 10.9 Å². The number of nitrogens with zero attached hydrogens (tertiary/aromatic N) is 1.